The van der Waals surface area contributed by atoms with Crippen LogP contribution in [0.4, 0.5) is 4.79 Å². The van der Waals surface area contributed by atoms with E-state index in [-0.39, 0.29) is 23.7 Å². The molecule has 1 aromatic rings. The summed E-state index contributed by atoms with van der Waals surface area (Å²) >= 11 is 0. The van der Waals surface area contributed by atoms with Gasteiger partial charge in [-0.25, -0.2) is 9.59 Å². The average Bonchev–Trinajstić information content (AvgIpc) is 2.76. The number of amides is 2. The largest absolute Gasteiger partial charge is 0.478 e. The maximum atomic E-state index is 12.0. The molecule has 20 heavy (non-hydrogen) atoms. The quantitative estimate of drug-likeness (QED) is 0.869. The molecule has 0 aliphatic heterocycles. The number of nitrogens with one attached hydrogen (secondary N) is 1. The van der Waals surface area contributed by atoms with Gasteiger partial charge in [0.2, 0.25) is 0 Å². The lowest BCUT2D eigenvalue weighted by Gasteiger charge is -2.34. The molecule has 0 spiro atoms. The summed E-state index contributed by atoms with van der Waals surface area (Å²) in [6.45, 7) is 7.72. The van der Waals surface area contributed by atoms with E-state index in [1.54, 1.807) is 18.9 Å². The molecule has 2 amide bonds. The highest BCUT2D eigenvalue weighted by Gasteiger charge is 2.25. The van der Waals surface area contributed by atoms with Crippen molar-refractivity contribution in [3.05, 3.63) is 23.2 Å². The first-order chi connectivity index (χ1) is 9.19. The second-order valence-electron chi connectivity index (χ2n) is 5.37. The minimum absolute atomic E-state index is 0.122. The first kappa shape index (κ1) is 16.1. The van der Waals surface area contributed by atoms with Gasteiger partial charge >= 0.3 is 12.0 Å². The van der Waals surface area contributed by atoms with Gasteiger partial charge in [-0.1, -0.05) is 6.92 Å². The van der Waals surface area contributed by atoms with Crippen molar-refractivity contribution in [1.82, 2.24) is 10.2 Å². The van der Waals surface area contributed by atoms with Crippen LogP contribution in [-0.4, -0.2) is 34.6 Å². The summed E-state index contributed by atoms with van der Waals surface area (Å²) in [6, 6.07) is 1.21. The number of nitrogens with zero attached hydrogens (tertiary/aromatic N) is 1. The highest BCUT2D eigenvalue weighted by atomic mass is 16.4. The highest BCUT2D eigenvalue weighted by Crippen LogP contribution is 2.17. The van der Waals surface area contributed by atoms with Gasteiger partial charge in [0.15, 0.2) is 0 Å². The minimum atomic E-state index is -1.03. The van der Waals surface area contributed by atoms with Crippen LogP contribution in [-0.2, 0) is 6.54 Å². The Morgan fingerprint density at radius 2 is 2.05 bits per heavy atom. The number of carboxylic acid groups (broad SMARTS) is 1. The summed E-state index contributed by atoms with van der Waals surface area (Å²) < 4.78 is 5.30. The fourth-order valence-electron chi connectivity index (χ4n) is 1.64. The predicted octanol–water partition coefficient (Wildman–Crippen LogP) is 2.62. The number of urea groups is 1. The number of hydrogen-bond acceptors (Lipinski definition) is 3. The van der Waals surface area contributed by atoms with Gasteiger partial charge in [0.05, 0.1) is 6.54 Å². The van der Waals surface area contributed by atoms with Crippen molar-refractivity contribution in [3.63, 3.8) is 0 Å². The van der Waals surface area contributed by atoms with Crippen LogP contribution >= 0.6 is 0 Å². The molecule has 1 rings (SSSR count). The molecule has 6 heteroatoms. The third-order valence-electron chi connectivity index (χ3n) is 3.69. The molecule has 1 heterocycles. The molecule has 0 saturated carbocycles. The molecule has 0 aromatic carbocycles. The summed E-state index contributed by atoms with van der Waals surface area (Å²) in [5, 5.41) is 11.6. The van der Waals surface area contributed by atoms with E-state index in [1.807, 2.05) is 20.8 Å². The Hall–Kier alpha value is -1.98. The molecule has 0 radical (unpaired) electrons. The van der Waals surface area contributed by atoms with Crippen molar-refractivity contribution in [3.8, 4) is 0 Å². The number of hydrogen-bond donors (Lipinski definition) is 2. The number of aryl methyl sites for hydroxylation is 1. The van der Waals surface area contributed by atoms with Gasteiger partial charge in [0, 0.05) is 12.6 Å². The molecular formula is C14H22N2O4. The molecule has 0 atom stereocenters. The van der Waals surface area contributed by atoms with Crippen molar-refractivity contribution < 1.29 is 19.1 Å². The maximum absolute atomic E-state index is 12.0. The first-order valence-electron chi connectivity index (χ1n) is 6.53. The fourth-order valence-corrected chi connectivity index (χ4v) is 1.64. The number of carbonyl (C=O) groups is 2. The Morgan fingerprint density at radius 1 is 1.45 bits per heavy atom. The van der Waals surface area contributed by atoms with Gasteiger partial charge in [-0.2, -0.15) is 0 Å². The van der Waals surface area contributed by atoms with Crippen LogP contribution in [0.15, 0.2) is 10.5 Å². The van der Waals surface area contributed by atoms with Gasteiger partial charge < -0.3 is 19.7 Å². The third-order valence-corrected chi connectivity index (χ3v) is 3.69. The number of furan rings is 1. The van der Waals surface area contributed by atoms with E-state index in [9.17, 15) is 9.59 Å². The van der Waals surface area contributed by atoms with Crippen molar-refractivity contribution in [2.45, 2.75) is 46.2 Å². The van der Waals surface area contributed by atoms with E-state index in [4.69, 9.17) is 9.52 Å². The molecule has 1 aromatic heterocycles. The second-order valence-corrected chi connectivity index (χ2v) is 5.37. The molecule has 6 nitrogen and oxygen atoms in total. The molecule has 0 unspecified atom stereocenters. The normalized spacial score (nSPS) is 11.2. The Kier molecular flexibility index (Phi) is 4.81. The zero-order valence-corrected chi connectivity index (χ0v) is 12.6. The lowest BCUT2D eigenvalue weighted by molar-refractivity contribution is 0.0695. The van der Waals surface area contributed by atoms with Crippen LogP contribution in [0.2, 0.25) is 0 Å². The topological polar surface area (TPSA) is 82.8 Å². The van der Waals surface area contributed by atoms with Crippen molar-refractivity contribution in [2.24, 2.45) is 0 Å². The van der Waals surface area contributed by atoms with Crippen LogP contribution in [0.25, 0.3) is 0 Å². The Balaban J connectivity index is 2.66. The van der Waals surface area contributed by atoms with Gasteiger partial charge in [0.25, 0.3) is 0 Å². The predicted molar refractivity (Wildman–Crippen MR) is 74.8 cm³/mol. The Labute approximate surface area is 118 Å². The van der Waals surface area contributed by atoms with E-state index in [0.29, 0.717) is 11.5 Å². The molecule has 0 bridgehead atoms. The van der Waals surface area contributed by atoms with E-state index in [2.05, 4.69) is 5.32 Å². The van der Waals surface area contributed by atoms with Crippen molar-refractivity contribution in [2.75, 3.05) is 7.05 Å². The van der Waals surface area contributed by atoms with Gasteiger partial charge in [0.1, 0.15) is 17.1 Å². The molecule has 0 fully saturated rings. The molecule has 112 valence electrons. The summed E-state index contributed by atoms with van der Waals surface area (Å²) in [5.41, 5.74) is -0.119. The van der Waals surface area contributed by atoms with Crippen LogP contribution in [0.1, 0.15) is 49.1 Å². The lowest BCUT2D eigenvalue weighted by atomic mass is 10.0. The highest BCUT2D eigenvalue weighted by molar-refractivity contribution is 5.88. The van der Waals surface area contributed by atoms with Crippen LogP contribution in [0, 0.1) is 6.92 Å². The molecule has 0 aliphatic carbocycles. The monoisotopic (exact) mass is 282 g/mol. The standard InChI is InChI=1S/C14H22N2O4/c1-6-14(3,4)16(5)13(19)15-8-10-7-11(12(17)18)9(2)20-10/h7H,6,8H2,1-5H3,(H,15,19)(H,17,18). The van der Waals surface area contributed by atoms with Gasteiger partial charge in [-0.15, -0.1) is 0 Å². The number of aromatic carboxylic acids is 1. The first-order valence-corrected chi connectivity index (χ1v) is 6.53. The van der Waals surface area contributed by atoms with E-state index >= 15 is 0 Å². The Morgan fingerprint density at radius 3 is 2.50 bits per heavy atom. The number of rotatable bonds is 5. The summed E-state index contributed by atoms with van der Waals surface area (Å²) in [7, 11) is 1.73. The molecule has 2 N–H and O–H groups in total. The number of carbonyl (C=O) groups excluding carboxylic acids is 1. The minimum Gasteiger partial charge on any atom is -0.478 e. The summed E-state index contributed by atoms with van der Waals surface area (Å²) in [6.07, 6.45) is 0.833. The third kappa shape index (κ3) is 3.53. The molecular weight excluding hydrogens is 260 g/mol. The van der Waals surface area contributed by atoms with Crippen molar-refractivity contribution in [1.29, 1.82) is 0 Å². The maximum Gasteiger partial charge on any atom is 0.339 e. The lowest BCUT2D eigenvalue weighted by Crippen LogP contribution is -2.49. The Bertz CT molecular complexity index is 505. The summed E-state index contributed by atoms with van der Waals surface area (Å²) in [4.78, 5) is 24.5. The SMILES string of the molecule is CCC(C)(C)N(C)C(=O)NCc1cc(C(=O)O)c(C)o1. The van der Waals surface area contributed by atoms with E-state index < -0.39 is 5.97 Å². The van der Waals surface area contributed by atoms with Gasteiger partial charge in [-0.3, -0.25) is 0 Å². The van der Waals surface area contributed by atoms with Gasteiger partial charge in [-0.05, 0) is 33.3 Å². The zero-order chi connectivity index (χ0) is 15.5. The molecule has 0 aliphatic rings. The number of carboxylic acids is 1. The smallest absolute Gasteiger partial charge is 0.339 e. The fraction of sp³-hybridized carbons (Fsp3) is 0.571. The average molecular weight is 282 g/mol. The van der Waals surface area contributed by atoms with Crippen LogP contribution < -0.4 is 5.32 Å². The van der Waals surface area contributed by atoms with E-state index in [0.717, 1.165) is 6.42 Å². The molecule has 0 saturated heterocycles. The second kappa shape index (κ2) is 5.98. The van der Waals surface area contributed by atoms with E-state index in [1.165, 1.54) is 6.07 Å². The van der Waals surface area contributed by atoms with Crippen LogP contribution in [0.5, 0.6) is 0 Å². The van der Waals surface area contributed by atoms with Crippen molar-refractivity contribution >= 4 is 12.0 Å². The zero-order valence-electron chi connectivity index (χ0n) is 12.6. The summed E-state index contributed by atoms with van der Waals surface area (Å²) in [5.74, 6) is -0.270. The van der Waals surface area contributed by atoms with Crippen LogP contribution in [0.3, 0.4) is 0 Å².